The van der Waals surface area contributed by atoms with E-state index in [2.05, 4.69) is 4.74 Å². The van der Waals surface area contributed by atoms with Crippen LogP contribution >= 0.6 is 10.2 Å². The van der Waals surface area contributed by atoms with Crippen molar-refractivity contribution in [2.45, 2.75) is 9.79 Å². The van der Waals surface area contributed by atoms with Gasteiger partial charge >= 0.3 is 16.3 Å². The third kappa shape index (κ3) is 3.96. The van der Waals surface area contributed by atoms with Gasteiger partial charge in [0.25, 0.3) is 10.0 Å². The largest absolute Gasteiger partial charge is 0.452 e. The maximum absolute atomic E-state index is 12.4. The summed E-state index contributed by atoms with van der Waals surface area (Å²) in [5, 5.41) is 0. The molecule has 20 heavy (non-hydrogen) atoms. The standard InChI is InChI=1S/C8H8F5NO4S2/c1-18-8(15)14-19(16,17)6-2-4-7(5-3-6)20(9,10,11,12)13/h2-5H,1H3,(H,14,15). The first-order chi connectivity index (χ1) is 8.65. The maximum Gasteiger partial charge on any atom is 0.420 e. The lowest BCUT2D eigenvalue weighted by molar-refractivity contribution is 0.177. The first-order valence-electron chi connectivity index (χ1n) is 4.61. The summed E-state index contributed by atoms with van der Waals surface area (Å²) in [6.45, 7) is 0. The zero-order valence-corrected chi connectivity index (χ0v) is 11.3. The van der Waals surface area contributed by atoms with E-state index in [1.807, 2.05) is 0 Å². The number of hydrogen-bond donors (Lipinski definition) is 1. The van der Waals surface area contributed by atoms with E-state index in [0.717, 1.165) is 7.11 Å². The van der Waals surface area contributed by atoms with Gasteiger partial charge in [0, 0.05) is 0 Å². The molecule has 0 bridgehead atoms. The van der Waals surface area contributed by atoms with Gasteiger partial charge in [0.05, 0.1) is 12.0 Å². The predicted molar refractivity (Wildman–Crippen MR) is 60.6 cm³/mol. The first-order valence-corrected chi connectivity index (χ1v) is 8.04. The third-order valence-electron chi connectivity index (χ3n) is 1.98. The van der Waals surface area contributed by atoms with E-state index < -0.39 is 36.1 Å². The molecule has 12 heteroatoms. The van der Waals surface area contributed by atoms with E-state index in [0.29, 0.717) is 12.1 Å². The molecule has 0 spiro atoms. The van der Waals surface area contributed by atoms with Gasteiger partial charge in [0.1, 0.15) is 4.90 Å². The first kappa shape index (κ1) is 16.5. The maximum atomic E-state index is 12.4. The van der Waals surface area contributed by atoms with Gasteiger partial charge < -0.3 is 4.74 Å². The zero-order chi connectivity index (χ0) is 15.9. The molecule has 0 aliphatic rings. The molecule has 0 aliphatic heterocycles. The minimum absolute atomic E-state index is 0.0760. The summed E-state index contributed by atoms with van der Waals surface area (Å²) in [5.74, 6) is 0. The lowest BCUT2D eigenvalue weighted by atomic mass is 10.4. The normalized spacial score (nSPS) is 15.9. The number of amides is 1. The van der Waals surface area contributed by atoms with E-state index in [1.54, 1.807) is 0 Å². The highest BCUT2D eigenvalue weighted by molar-refractivity contribution is 8.45. The summed E-state index contributed by atoms with van der Waals surface area (Å²) in [6.07, 6.45) is -1.37. The van der Waals surface area contributed by atoms with Crippen molar-refractivity contribution < 1.29 is 37.4 Å². The monoisotopic (exact) mass is 341 g/mol. The Balaban J connectivity index is 3.20. The summed E-state index contributed by atoms with van der Waals surface area (Å²) < 4.78 is 90.3. The van der Waals surface area contributed by atoms with Gasteiger partial charge in [-0.25, -0.2) is 17.9 Å². The van der Waals surface area contributed by atoms with Crippen LogP contribution in [0.3, 0.4) is 0 Å². The van der Waals surface area contributed by atoms with Gasteiger partial charge in [-0.05, 0) is 24.3 Å². The Hall–Kier alpha value is -1.56. The topological polar surface area (TPSA) is 72.5 Å². The molecule has 0 aromatic heterocycles. The molecule has 1 N–H and O–H groups in total. The van der Waals surface area contributed by atoms with Crippen LogP contribution < -0.4 is 4.72 Å². The Labute approximate surface area is 110 Å². The van der Waals surface area contributed by atoms with Crippen LogP contribution in [0.4, 0.5) is 24.2 Å². The molecule has 0 heterocycles. The highest BCUT2D eigenvalue weighted by Crippen LogP contribution is 3.02. The summed E-state index contributed by atoms with van der Waals surface area (Å²) >= 11 is 0. The number of rotatable bonds is 3. The molecule has 0 aliphatic carbocycles. The smallest absolute Gasteiger partial charge is 0.420 e. The molecule has 0 saturated heterocycles. The number of carbonyl (C=O) groups excluding carboxylic acids is 1. The molecule has 1 rings (SSSR count). The minimum Gasteiger partial charge on any atom is -0.452 e. The molecular weight excluding hydrogens is 333 g/mol. The molecule has 0 saturated carbocycles. The number of nitrogens with one attached hydrogen (secondary N) is 1. The van der Waals surface area contributed by atoms with E-state index >= 15 is 0 Å². The SMILES string of the molecule is COC(=O)NS(=O)(=O)c1ccc(S(F)(F)(F)(F)F)cc1. The van der Waals surface area contributed by atoms with Gasteiger partial charge in [0.2, 0.25) is 0 Å². The van der Waals surface area contributed by atoms with Crippen LogP contribution in [0.2, 0.25) is 0 Å². The van der Waals surface area contributed by atoms with Crippen LogP contribution in [0.15, 0.2) is 34.1 Å². The molecule has 0 unspecified atom stereocenters. The van der Waals surface area contributed by atoms with Crippen molar-refractivity contribution >= 4 is 26.3 Å². The van der Waals surface area contributed by atoms with Crippen molar-refractivity contribution in [3.63, 3.8) is 0 Å². The number of halogens is 5. The average Bonchev–Trinajstić information content (AvgIpc) is 2.25. The lowest BCUT2D eigenvalue weighted by Gasteiger charge is -2.40. The fraction of sp³-hybridized carbons (Fsp3) is 0.125. The van der Waals surface area contributed by atoms with E-state index in [4.69, 9.17) is 0 Å². The number of methoxy groups -OCH3 is 1. The van der Waals surface area contributed by atoms with Crippen LogP contribution in [0.5, 0.6) is 0 Å². The fourth-order valence-electron chi connectivity index (χ4n) is 1.09. The second kappa shape index (κ2) is 3.97. The van der Waals surface area contributed by atoms with Gasteiger partial charge in [-0.15, -0.1) is 0 Å². The molecule has 5 nitrogen and oxygen atoms in total. The van der Waals surface area contributed by atoms with Crippen LogP contribution in [0.25, 0.3) is 0 Å². The van der Waals surface area contributed by atoms with Crippen molar-refractivity contribution in [1.82, 2.24) is 4.72 Å². The van der Waals surface area contributed by atoms with Crippen LogP contribution in [-0.2, 0) is 14.8 Å². The fourth-order valence-corrected chi connectivity index (χ4v) is 2.65. The Morgan fingerprint density at radius 2 is 1.55 bits per heavy atom. The van der Waals surface area contributed by atoms with E-state index in [-0.39, 0.29) is 12.1 Å². The van der Waals surface area contributed by atoms with Crippen molar-refractivity contribution in [1.29, 1.82) is 0 Å². The molecule has 0 fully saturated rings. The van der Waals surface area contributed by atoms with E-state index in [9.17, 15) is 32.6 Å². The lowest BCUT2D eigenvalue weighted by Crippen LogP contribution is -2.30. The molecule has 0 radical (unpaired) electrons. The molecule has 0 atom stereocenters. The predicted octanol–water partition coefficient (Wildman–Crippen LogP) is 3.39. The number of sulfonamides is 1. The number of carbonyl (C=O) groups is 1. The minimum atomic E-state index is -9.87. The highest BCUT2D eigenvalue weighted by atomic mass is 32.5. The van der Waals surface area contributed by atoms with Crippen molar-refractivity contribution in [3.05, 3.63) is 24.3 Å². The van der Waals surface area contributed by atoms with Gasteiger partial charge in [-0.1, -0.05) is 19.4 Å². The Morgan fingerprint density at radius 3 is 1.90 bits per heavy atom. The van der Waals surface area contributed by atoms with Gasteiger partial charge in [0.15, 0.2) is 0 Å². The molecule has 1 aromatic rings. The summed E-state index contributed by atoms with van der Waals surface area (Å²) in [4.78, 5) is 7.69. The summed E-state index contributed by atoms with van der Waals surface area (Å²) in [5.41, 5.74) is 0. The van der Waals surface area contributed by atoms with Gasteiger partial charge in [-0.3, -0.25) is 0 Å². The molecule has 1 aromatic carbocycles. The Bertz CT molecular complexity index is 638. The van der Waals surface area contributed by atoms with Crippen LogP contribution in [0, 0.1) is 0 Å². The van der Waals surface area contributed by atoms with Crippen LogP contribution in [-0.4, -0.2) is 21.6 Å². The second-order valence-electron chi connectivity index (χ2n) is 3.54. The highest BCUT2D eigenvalue weighted by Gasteiger charge is 2.65. The number of benzene rings is 1. The Morgan fingerprint density at radius 1 is 1.10 bits per heavy atom. The number of ether oxygens (including phenoxy) is 1. The second-order valence-corrected chi connectivity index (χ2v) is 7.63. The van der Waals surface area contributed by atoms with Crippen LogP contribution in [0.1, 0.15) is 0 Å². The quantitative estimate of drug-likeness (QED) is 0.856. The Kier molecular flexibility index (Phi) is 3.28. The molecule has 1 amide bonds. The molecular formula is C8H8F5NO4S2. The van der Waals surface area contributed by atoms with Crippen molar-refractivity contribution in [2.75, 3.05) is 7.11 Å². The average molecular weight is 341 g/mol. The van der Waals surface area contributed by atoms with Gasteiger partial charge in [-0.2, -0.15) is 0 Å². The number of hydrogen-bond acceptors (Lipinski definition) is 4. The van der Waals surface area contributed by atoms with Crippen molar-refractivity contribution in [2.24, 2.45) is 0 Å². The zero-order valence-electron chi connectivity index (χ0n) is 9.65. The van der Waals surface area contributed by atoms with Crippen molar-refractivity contribution in [3.8, 4) is 0 Å². The third-order valence-corrected chi connectivity index (χ3v) is 4.47. The summed E-state index contributed by atoms with van der Waals surface area (Å²) in [7, 11) is -13.5. The molecule has 116 valence electrons. The van der Waals surface area contributed by atoms with E-state index in [1.165, 1.54) is 4.72 Å². The summed E-state index contributed by atoms with van der Waals surface area (Å²) in [6, 6.07) is 0.456.